The Labute approximate surface area is 162 Å². The Morgan fingerprint density at radius 1 is 1.22 bits per heavy atom. The van der Waals surface area contributed by atoms with Crippen LogP contribution in [0, 0.1) is 11.3 Å². The molecule has 7 heteroatoms. The van der Waals surface area contributed by atoms with Crippen LogP contribution in [0.1, 0.15) is 17.0 Å². The first kappa shape index (κ1) is 17.2. The number of hydrogen-bond donors (Lipinski definition) is 1. The fraction of sp³-hybridized carbons (Fsp3) is 0.100. The molecular formula is C20H13BrN2O4. The van der Waals surface area contributed by atoms with E-state index in [1.807, 2.05) is 24.3 Å². The molecule has 1 aliphatic rings. The van der Waals surface area contributed by atoms with Crippen molar-refractivity contribution in [1.82, 2.24) is 0 Å². The number of nitriles is 1. The highest BCUT2D eigenvalue weighted by Crippen LogP contribution is 2.44. The molecule has 6 nitrogen and oxygen atoms in total. The molecule has 4 rings (SSSR count). The van der Waals surface area contributed by atoms with Gasteiger partial charge in [0, 0.05) is 4.47 Å². The van der Waals surface area contributed by atoms with Crippen molar-refractivity contribution in [2.24, 2.45) is 5.73 Å². The van der Waals surface area contributed by atoms with E-state index in [9.17, 15) is 10.1 Å². The summed E-state index contributed by atoms with van der Waals surface area (Å²) in [6, 6.07) is 14.4. The molecule has 3 aromatic rings. The van der Waals surface area contributed by atoms with Crippen molar-refractivity contribution in [3.8, 4) is 17.6 Å². The summed E-state index contributed by atoms with van der Waals surface area (Å²) in [6.45, 7) is 0. The zero-order valence-corrected chi connectivity index (χ0v) is 15.7. The van der Waals surface area contributed by atoms with Crippen LogP contribution in [0.4, 0.5) is 0 Å². The minimum absolute atomic E-state index is 0.0346. The number of halogens is 1. The second-order valence-electron chi connectivity index (χ2n) is 5.97. The SMILES string of the molecule is COc1ccc2oc(=O)c3c(c2c1)OC(N)=C(C#N)C3c1ccc(Br)cc1. The van der Waals surface area contributed by atoms with Crippen molar-refractivity contribution >= 4 is 26.9 Å². The lowest BCUT2D eigenvalue weighted by atomic mass is 9.84. The number of benzene rings is 2. The largest absolute Gasteiger partial charge is 0.497 e. The maximum absolute atomic E-state index is 12.8. The van der Waals surface area contributed by atoms with Crippen LogP contribution in [-0.2, 0) is 0 Å². The van der Waals surface area contributed by atoms with E-state index >= 15 is 0 Å². The fourth-order valence-electron chi connectivity index (χ4n) is 3.21. The van der Waals surface area contributed by atoms with Crippen molar-refractivity contribution in [1.29, 1.82) is 5.26 Å². The summed E-state index contributed by atoms with van der Waals surface area (Å²) in [6.07, 6.45) is 0. The van der Waals surface area contributed by atoms with Crippen molar-refractivity contribution in [3.63, 3.8) is 0 Å². The van der Waals surface area contributed by atoms with E-state index in [0.717, 1.165) is 10.0 Å². The number of hydrogen-bond acceptors (Lipinski definition) is 6. The summed E-state index contributed by atoms with van der Waals surface area (Å²) in [7, 11) is 1.54. The van der Waals surface area contributed by atoms with E-state index in [1.54, 1.807) is 25.3 Å². The minimum atomic E-state index is -0.682. The van der Waals surface area contributed by atoms with Gasteiger partial charge in [0.25, 0.3) is 0 Å². The topological polar surface area (TPSA) is 98.5 Å². The average Bonchev–Trinajstić information content (AvgIpc) is 2.67. The molecule has 1 atom stereocenters. The lowest BCUT2D eigenvalue weighted by Crippen LogP contribution is -2.26. The summed E-state index contributed by atoms with van der Waals surface area (Å²) in [5.74, 6) is 0.145. The molecule has 1 aliphatic heterocycles. The molecule has 0 aliphatic carbocycles. The van der Waals surface area contributed by atoms with Crippen molar-refractivity contribution in [3.05, 3.63) is 79.9 Å². The van der Waals surface area contributed by atoms with E-state index in [0.29, 0.717) is 16.7 Å². The van der Waals surface area contributed by atoms with Crippen LogP contribution in [0.15, 0.2) is 67.6 Å². The van der Waals surface area contributed by atoms with Crippen LogP contribution in [0.3, 0.4) is 0 Å². The highest BCUT2D eigenvalue weighted by molar-refractivity contribution is 9.10. The molecule has 27 heavy (non-hydrogen) atoms. The first-order chi connectivity index (χ1) is 13.0. The third-order valence-corrected chi connectivity index (χ3v) is 5.01. The Kier molecular flexibility index (Phi) is 4.13. The predicted molar refractivity (Wildman–Crippen MR) is 102 cm³/mol. The molecule has 0 saturated carbocycles. The second kappa shape index (κ2) is 6.49. The highest BCUT2D eigenvalue weighted by Gasteiger charge is 2.35. The van der Waals surface area contributed by atoms with E-state index < -0.39 is 11.5 Å². The maximum Gasteiger partial charge on any atom is 0.344 e. The van der Waals surface area contributed by atoms with Gasteiger partial charge in [-0.25, -0.2) is 4.79 Å². The van der Waals surface area contributed by atoms with Crippen molar-refractivity contribution in [2.45, 2.75) is 5.92 Å². The van der Waals surface area contributed by atoms with Gasteiger partial charge in [0.2, 0.25) is 5.88 Å². The number of fused-ring (bicyclic) bond motifs is 3. The summed E-state index contributed by atoms with van der Waals surface area (Å²) < 4.78 is 17.3. The van der Waals surface area contributed by atoms with Gasteiger partial charge in [0.05, 0.1) is 24.0 Å². The summed E-state index contributed by atoms with van der Waals surface area (Å²) >= 11 is 3.39. The molecule has 134 valence electrons. The quantitative estimate of drug-likeness (QED) is 0.628. The molecule has 0 fully saturated rings. The van der Waals surface area contributed by atoms with E-state index in [-0.39, 0.29) is 22.8 Å². The highest BCUT2D eigenvalue weighted by atomic mass is 79.9. The standard InChI is InChI=1S/C20H13BrN2O4/c1-25-12-6-7-15-13(8-12)18-17(20(24)26-15)16(14(9-22)19(23)27-18)10-2-4-11(21)5-3-10/h2-8,16H,23H2,1H3. The first-order valence-corrected chi connectivity index (χ1v) is 8.80. The zero-order valence-electron chi connectivity index (χ0n) is 14.2. The number of nitrogens with two attached hydrogens (primary N) is 1. The van der Waals surface area contributed by atoms with Gasteiger partial charge in [-0.05, 0) is 35.9 Å². The smallest absolute Gasteiger partial charge is 0.344 e. The molecule has 1 unspecified atom stereocenters. The molecule has 2 aromatic carbocycles. The van der Waals surface area contributed by atoms with Gasteiger partial charge < -0.3 is 19.6 Å². The fourth-order valence-corrected chi connectivity index (χ4v) is 3.48. The van der Waals surface area contributed by atoms with Crippen LogP contribution < -0.4 is 20.8 Å². The van der Waals surface area contributed by atoms with Gasteiger partial charge in [0.15, 0.2) is 5.75 Å². The molecule has 0 saturated heterocycles. The third-order valence-electron chi connectivity index (χ3n) is 4.48. The molecule has 2 N–H and O–H groups in total. The van der Waals surface area contributed by atoms with Crippen LogP contribution in [0.2, 0.25) is 0 Å². The average molecular weight is 425 g/mol. The number of ether oxygens (including phenoxy) is 2. The monoisotopic (exact) mass is 424 g/mol. The zero-order chi connectivity index (χ0) is 19.1. The summed E-state index contributed by atoms with van der Waals surface area (Å²) in [5.41, 5.74) is 6.95. The molecule has 2 heterocycles. The van der Waals surface area contributed by atoms with Gasteiger partial charge in [-0.2, -0.15) is 5.26 Å². The van der Waals surface area contributed by atoms with Crippen LogP contribution in [-0.4, -0.2) is 7.11 Å². The van der Waals surface area contributed by atoms with E-state index in [1.165, 1.54) is 0 Å². The normalized spacial score (nSPS) is 15.8. The molecule has 0 bridgehead atoms. The Morgan fingerprint density at radius 2 is 1.96 bits per heavy atom. The van der Waals surface area contributed by atoms with Crippen LogP contribution in [0.5, 0.6) is 11.5 Å². The molecule has 0 spiro atoms. The van der Waals surface area contributed by atoms with Crippen LogP contribution >= 0.6 is 15.9 Å². The first-order valence-electron chi connectivity index (χ1n) is 8.01. The van der Waals surface area contributed by atoms with Gasteiger partial charge in [-0.3, -0.25) is 0 Å². The van der Waals surface area contributed by atoms with Gasteiger partial charge >= 0.3 is 5.63 Å². The Hall–Kier alpha value is -3.24. The second-order valence-corrected chi connectivity index (χ2v) is 6.89. The predicted octanol–water partition coefficient (Wildman–Crippen LogP) is 3.78. The Balaban J connectivity index is 2.07. The molecule has 0 amide bonds. The Bertz CT molecular complexity index is 1190. The third kappa shape index (κ3) is 2.75. The molecular weight excluding hydrogens is 412 g/mol. The van der Waals surface area contributed by atoms with Crippen LogP contribution in [0.25, 0.3) is 11.0 Å². The molecule has 1 aromatic heterocycles. The summed E-state index contributed by atoms with van der Waals surface area (Å²) in [5, 5.41) is 10.2. The Morgan fingerprint density at radius 3 is 2.63 bits per heavy atom. The lowest BCUT2D eigenvalue weighted by molar-refractivity contribution is 0.386. The number of allylic oxidation sites excluding steroid dienone is 1. The number of methoxy groups -OCH3 is 1. The van der Waals surface area contributed by atoms with Gasteiger partial charge in [-0.15, -0.1) is 0 Å². The number of nitrogens with zero attached hydrogens (tertiary/aromatic N) is 1. The van der Waals surface area contributed by atoms with E-state index in [2.05, 4.69) is 22.0 Å². The maximum atomic E-state index is 12.8. The summed E-state index contributed by atoms with van der Waals surface area (Å²) in [4.78, 5) is 12.8. The minimum Gasteiger partial charge on any atom is -0.497 e. The lowest BCUT2D eigenvalue weighted by Gasteiger charge is -2.26. The van der Waals surface area contributed by atoms with E-state index in [4.69, 9.17) is 19.6 Å². The van der Waals surface area contributed by atoms with Crippen molar-refractivity contribution < 1.29 is 13.9 Å². The van der Waals surface area contributed by atoms with Gasteiger partial charge in [-0.1, -0.05) is 28.1 Å². The number of rotatable bonds is 2. The van der Waals surface area contributed by atoms with Gasteiger partial charge in [0.1, 0.15) is 23.0 Å². The molecule has 0 radical (unpaired) electrons. The van der Waals surface area contributed by atoms with Crippen molar-refractivity contribution in [2.75, 3.05) is 7.11 Å².